The van der Waals surface area contributed by atoms with E-state index >= 15 is 0 Å². The highest BCUT2D eigenvalue weighted by atomic mass is 16.1. The number of benzene rings is 2. The molecule has 0 saturated carbocycles. The van der Waals surface area contributed by atoms with Crippen molar-refractivity contribution in [2.45, 2.75) is 6.92 Å². The number of amides is 1. The molecule has 0 aliphatic rings. The molecule has 0 aliphatic carbocycles. The zero-order valence-electron chi connectivity index (χ0n) is 11.1. The van der Waals surface area contributed by atoms with Gasteiger partial charge in [-0.25, -0.2) is 0 Å². The van der Waals surface area contributed by atoms with Crippen molar-refractivity contribution >= 4 is 17.7 Å². The zero-order chi connectivity index (χ0) is 14.4. The molecule has 0 heterocycles. The molecule has 0 aliphatic heterocycles. The molecule has 3 heteroatoms. The van der Waals surface area contributed by atoms with Crippen molar-refractivity contribution < 1.29 is 4.79 Å². The van der Waals surface area contributed by atoms with Crippen LogP contribution in [-0.4, -0.2) is 5.91 Å². The number of nitrogens with one attached hydrogen (secondary N) is 1. The molecule has 0 bridgehead atoms. The molecule has 0 saturated heterocycles. The summed E-state index contributed by atoms with van der Waals surface area (Å²) in [5, 5.41) is 11.8. The summed E-state index contributed by atoms with van der Waals surface area (Å²) in [5.74, 6) is -0.216. The van der Waals surface area contributed by atoms with Crippen molar-refractivity contribution in [3.63, 3.8) is 0 Å². The van der Waals surface area contributed by atoms with Crippen molar-refractivity contribution in [3.8, 4) is 6.07 Å². The van der Waals surface area contributed by atoms with Gasteiger partial charge >= 0.3 is 0 Å². The Hall–Kier alpha value is -2.86. The van der Waals surface area contributed by atoms with Crippen LogP contribution in [0, 0.1) is 18.3 Å². The van der Waals surface area contributed by atoms with Crippen LogP contribution in [0.2, 0.25) is 0 Å². The van der Waals surface area contributed by atoms with Crippen molar-refractivity contribution in [2.24, 2.45) is 0 Å². The van der Waals surface area contributed by atoms with E-state index < -0.39 is 0 Å². The highest BCUT2D eigenvalue weighted by molar-refractivity contribution is 6.02. The van der Waals surface area contributed by atoms with E-state index in [-0.39, 0.29) is 5.91 Å². The number of nitrogens with zero attached hydrogens (tertiary/aromatic N) is 1. The third kappa shape index (κ3) is 3.33. The second-order valence-electron chi connectivity index (χ2n) is 4.34. The fourth-order valence-electron chi connectivity index (χ4n) is 1.80. The van der Waals surface area contributed by atoms with E-state index in [0.717, 1.165) is 16.8 Å². The first-order valence-electron chi connectivity index (χ1n) is 6.24. The Morgan fingerprint density at radius 2 is 1.85 bits per heavy atom. The quantitative estimate of drug-likeness (QED) is 0.860. The molecule has 1 N–H and O–H groups in total. The number of carbonyl (C=O) groups excluding carboxylic acids is 1. The molecule has 2 aromatic rings. The first kappa shape index (κ1) is 13.6. The zero-order valence-corrected chi connectivity index (χ0v) is 11.1. The lowest BCUT2D eigenvalue weighted by atomic mass is 10.1. The van der Waals surface area contributed by atoms with Gasteiger partial charge in [0.25, 0.3) is 0 Å². The lowest BCUT2D eigenvalue weighted by molar-refractivity contribution is -0.111. The third-order valence-electron chi connectivity index (χ3n) is 2.90. The fourth-order valence-corrected chi connectivity index (χ4v) is 1.80. The molecule has 0 fully saturated rings. The van der Waals surface area contributed by atoms with Gasteiger partial charge in [0.2, 0.25) is 5.91 Å². The maximum Gasteiger partial charge on any atom is 0.248 e. The van der Waals surface area contributed by atoms with Crippen LogP contribution in [0.4, 0.5) is 5.69 Å². The summed E-state index contributed by atoms with van der Waals surface area (Å²) < 4.78 is 0. The first-order chi connectivity index (χ1) is 9.70. The van der Waals surface area contributed by atoms with Crippen molar-refractivity contribution in [3.05, 3.63) is 71.3 Å². The average molecular weight is 262 g/mol. The molecule has 20 heavy (non-hydrogen) atoms. The normalized spacial score (nSPS) is 10.2. The number of carbonyl (C=O) groups is 1. The minimum absolute atomic E-state index is 0.216. The number of hydrogen-bond donors (Lipinski definition) is 1. The van der Waals surface area contributed by atoms with Crippen LogP contribution in [0.3, 0.4) is 0 Å². The van der Waals surface area contributed by atoms with Crippen molar-refractivity contribution in [1.29, 1.82) is 5.26 Å². The molecule has 3 nitrogen and oxygen atoms in total. The van der Waals surface area contributed by atoms with Gasteiger partial charge in [-0.05, 0) is 36.3 Å². The summed E-state index contributed by atoms with van der Waals surface area (Å²) in [7, 11) is 0. The van der Waals surface area contributed by atoms with Gasteiger partial charge in [-0.1, -0.05) is 36.4 Å². The Kier molecular flexibility index (Phi) is 4.31. The van der Waals surface area contributed by atoms with Crippen LogP contribution in [-0.2, 0) is 4.79 Å². The average Bonchev–Trinajstić information content (AvgIpc) is 2.48. The van der Waals surface area contributed by atoms with Gasteiger partial charge in [0.1, 0.15) is 0 Å². The van der Waals surface area contributed by atoms with Gasteiger partial charge in [-0.15, -0.1) is 0 Å². The minimum Gasteiger partial charge on any atom is -0.322 e. The Balaban J connectivity index is 2.11. The van der Waals surface area contributed by atoms with E-state index in [0.29, 0.717) is 5.56 Å². The topological polar surface area (TPSA) is 52.9 Å². The van der Waals surface area contributed by atoms with Crippen molar-refractivity contribution in [2.75, 3.05) is 5.32 Å². The van der Waals surface area contributed by atoms with Crippen LogP contribution < -0.4 is 5.32 Å². The Morgan fingerprint density at radius 1 is 1.15 bits per heavy atom. The number of anilines is 1. The second kappa shape index (κ2) is 6.35. The molecule has 0 spiro atoms. The standard InChI is InChI=1S/C17H14N2O/c1-13-6-2-5-9-16(13)19-17(20)11-10-14-7-3-4-8-15(14)12-18/h2-11H,1H3,(H,19,20)/b11-10+. The molecule has 1 amide bonds. The first-order valence-corrected chi connectivity index (χ1v) is 6.24. The summed E-state index contributed by atoms with van der Waals surface area (Å²) in [5.41, 5.74) is 3.07. The molecular weight excluding hydrogens is 248 g/mol. The third-order valence-corrected chi connectivity index (χ3v) is 2.90. The molecular formula is C17H14N2O. The lowest BCUT2D eigenvalue weighted by Crippen LogP contribution is -2.08. The van der Waals surface area contributed by atoms with Crippen LogP contribution >= 0.6 is 0 Å². The van der Waals surface area contributed by atoms with Gasteiger partial charge in [0.15, 0.2) is 0 Å². The molecule has 98 valence electrons. The van der Waals surface area contributed by atoms with Crippen LogP contribution in [0.25, 0.3) is 6.08 Å². The number of para-hydroxylation sites is 1. The van der Waals surface area contributed by atoms with Crippen LogP contribution in [0.5, 0.6) is 0 Å². The predicted molar refractivity (Wildman–Crippen MR) is 80.0 cm³/mol. The monoisotopic (exact) mass is 262 g/mol. The van der Waals surface area contributed by atoms with Crippen LogP contribution in [0.1, 0.15) is 16.7 Å². The van der Waals surface area contributed by atoms with Gasteiger partial charge in [0.05, 0.1) is 11.6 Å². The van der Waals surface area contributed by atoms with Gasteiger partial charge in [0, 0.05) is 11.8 Å². The molecule has 2 rings (SSSR count). The summed E-state index contributed by atoms with van der Waals surface area (Å²) >= 11 is 0. The predicted octanol–water partition coefficient (Wildman–Crippen LogP) is 3.52. The number of aryl methyl sites for hydroxylation is 1. The summed E-state index contributed by atoms with van der Waals surface area (Å²) in [4.78, 5) is 11.9. The van der Waals surface area contributed by atoms with Crippen LogP contribution in [0.15, 0.2) is 54.6 Å². The maximum atomic E-state index is 11.9. The summed E-state index contributed by atoms with van der Waals surface area (Å²) in [6, 6.07) is 16.8. The minimum atomic E-state index is -0.216. The van der Waals surface area contributed by atoms with Gasteiger partial charge in [-0.2, -0.15) is 5.26 Å². The van der Waals surface area contributed by atoms with E-state index in [9.17, 15) is 4.79 Å². The molecule has 0 unspecified atom stereocenters. The number of rotatable bonds is 3. The smallest absolute Gasteiger partial charge is 0.248 e. The number of hydrogen-bond acceptors (Lipinski definition) is 2. The van der Waals surface area contributed by atoms with E-state index in [4.69, 9.17) is 5.26 Å². The second-order valence-corrected chi connectivity index (χ2v) is 4.34. The van der Waals surface area contributed by atoms with Crippen molar-refractivity contribution in [1.82, 2.24) is 0 Å². The van der Waals surface area contributed by atoms with Gasteiger partial charge < -0.3 is 5.32 Å². The summed E-state index contributed by atoms with van der Waals surface area (Å²) in [6.07, 6.45) is 3.08. The molecule has 0 radical (unpaired) electrons. The SMILES string of the molecule is Cc1ccccc1NC(=O)/C=C/c1ccccc1C#N. The van der Waals surface area contributed by atoms with E-state index in [1.54, 1.807) is 24.3 Å². The molecule has 0 atom stereocenters. The van der Waals surface area contributed by atoms with E-state index in [1.807, 2.05) is 37.3 Å². The summed E-state index contributed by atoms with van der Waals surface area (Å²) in [6.45, 7) is 1.93. The van der Waals surface area contributed by atoms with E-state index in [1.165, 1.54) is 6.08 Å². The molecule has 0 aromatic heterocycles. The van der Waals surface area contributed by atoms with Gasteiger partial charge in [-0.3, -0.25) is 4.79 Å². The Labute approximate surface area is 118 Å². The Morgan fingerprint density at radius 3 is 2.60 bits per heavy atom. The highest BCUT2D eigenvalue weighted by Gasteiger charge is 2.01. The highest BCUT2D eigenvalue weighted by Crippen LogP contribution is 2.13. The maximum absolute atomic E-state index is 11.9. The number of nitriles is 1. The Bertz CT molecular complexity index is 696. The van der Waals surface area contributed by atoms with E-state index in [2.05, 4.69) is 11.4 Å². The molecule has 2 aromatic carbocycles. The lowest BCUT2D eigenvalue weighted by Gasteiger charge is -2.05. The fraction of sp³-hybridized carbons (Fsp3) is 0.0588. The largest absolute Gasteiger partial charge is 0.322 e.